The minimum absolute atomic E-state index is 0.0323. The Labute approximate surface area is 106 Å². The summed E-state index contributed by atoms with van der Waals surface area (Å²) in [5.41, 5.74) is 0. The molecular weight excluding hydrogens is 240 g/mol. The maximum atomic E-state index is 13.0. The summed E-state index contributed by atoms with van der Waals surface area (Å²) in [5.74, 6) is -2.48. The van der Waals surface area contributed by atoms with Crippen LogP contribution in [-0.2, 0) is 4.79 Å². The summed E-state index contributed by atoms with van der Waals surface area (Å²) < 4.78 is 26.0. The van der Waals surface area contributed by atoms with Gasteiger partial charge in [0.2, 0.25) is 11.8 Å². The van der Waals surface area contributed by atoms with Gasteiger partial charge in [0.05, 0.1) is 0 Å². The molecule has 2 rings (SSSR count). The molecule has 5 heteroatoms. The molecule has 2 N–H and O–H groups in total. The monoisotopic (exact) mass is 261 g/mol. The standard InChI is InChI=1S/C13H21F2NO2/c14-13(15)6-3-10(4-7-13)12(18)16-11(5-8-17)9-1-2-9/h9-11,17H,1-8H2,(H,16,18). The van der Waals surface area contributed by atoms with Crippen LogP contribution in [0.2, 0.25) is 0 Å². The number of hydrogen-bond donors (Lipinski definition) is 2. The van der Waals surface area contributed by atoms with Crippen molar-refractivity contribution >= 4 is 5.91 Å². The molecule has 1 unspecified atom stereocenters. The van der Waals surface area contributed by atoms with Crippen LogP contribution in [0.1, 0.15) is 44.9 Å². The van der Waals surface area contributed by atoms with E-state index in [9.17, 15) is 13.6 Å². The number of aliphatic hydroxyl groups is 1. The van der Waals surface area contributed by atoms with Crippen LogP contribution in [0.25, 0.3) is 0 Å². The predicted molar refractivity (Wildman–Crippen MR) is 63.3 cm³/mol. The Balaban J connectivity index is 1.80. The van der Waals surface area contributed by atoms with Gasteiger partial charge < -0.3 is 10.4 Å². The zero-order chi connectivity index (χ0) is 13.2. The minimum Gasteiger partial charge on any atom is -0.396 e. The van der Waals surface area contributed by atoms with Crippen LogP contribution in [-0.4, -0.2) is 29.6 Å². The first-order chi connectivity index (χ1) is 8.52. The van der Waals surface area contributed by atoms with E-state index in [0.717, 1.165) is 12.8 Å². The molecule has 0 spiro atoms. The van der Waals surface area contributed by atoms with E-state index in [1.54, 1.807) is 0 Å². The van der Waals surface area contributed by atoms with Gasteiger partial charge in [-0.1, -0.05) is 0 Å². The van der Waals surface area contributed by atoms with E-state index < -0.39 is 5.92 Å². The lowest BCUT2D eigenvalue weighted by Gasteiger charge is -2.29. The summed E-state index contributed by atoms with van der Waals surface area (Å²) in [6.45, 7) is 0.0597. The van der Waals surface area contributed by atoms with Crippen molar-refractivity contribution < 1.29 is 18.7 Å². The van der Waals surface area contributed by atoms with E-state index in [-0.39, 0.29) is 50.2 Å². The van der Waals surface area contributed by atoms with Crippen molar-refractivity contribution in [3.05, 3.63) is 0 Å². The molecule has 0 aromatic rings. The number of carbonyl (C=O) groups excluding carboxylic acids is 1. The Morgan fingerprint density at radius 2 is 1.89 bits per heavy atom. The molecule has 0 aromatic carbocycles. The zero-order valence-electron chi connectivity index (χ0n) is 10.5. The molecule has 2 aliphatic rings. The molecule has 1 amide bonds. The fraction of sp³-hybridized carbons (Fsp3) is 0.923. The molecular formula is C13H21F2NO2. The maximum Gasteiger partial charge on any atom is 0.248 e. The second-order valence-electron chi connectivity index (χ2n) is 5.60. The Morgan fingerprint density at radius 1 is 1.28 bits per heavy atom. The summed E-state index contributed by atoms with van der Waals surface area (Å²) in [7, 11) is 0. The number of carbonyl (C=O) groups is 1. The first-order valence-electron chi connectivity index (χ1n) is 6.81. The fourth-order valence-electron chi connectivity index (χ4n) is 2.67. The molecule has 0 saturated heterocycles. The van der Waals surface area contributed by atoms with Gasteiger partial charge in [0, 0.05) is 31.4 Å². The fourth-order valence-corrected chi connectivity index (χ4v) is 2.67. The second-order valence-corrected chi connectivity index (χ2v) is 5.60. The number of rotatable bonds is 5. The number of nitrogens with one attached hydrogen (secondary N) is 1. The number of amides is 1. The lowest BCUT2D eigenvalue weighted by molar-refractivity contribution is -0.130. The SMILES string of the molecule is O=C(NC(CCO)C1CC1)C1CCC(F)(F)CC1. The Hall–Kier alpha value is -0.710. The molecule has 1 atom stereocenters. The van der Waals surface area contributed by atoms with Gasteiger partial charge in [0.25, 0.3) is 0 Å². The Morgan fingerprint density at radius 3 is 2.39 bits per heavy atom. The quantitative estimate of drug-likeness (QED) is 0.796. The average Bonchev–Trinajstić information content (AvgIpc) is 3.12. The van der Waals surface area contributed by atoms with E-state index in [4.69, 9.17) is 5.11 Å². The van der Waals surface area contributed by atoms with E-state index in [1.807, 2.05) is 0 Å². The Kier molecular flexibility index (Phi) is 4.20. The normalized spacial score (nSPS) is 25.7. The van der Waals surface area contributed by atoms with Crippen molar-refractivity contribution in [2.75, 3.05) is 6.61 Å². The highest BCUT2D eigenvalue weighted by molar-refractivity contribution is 5.79. The highest BCUT2D eigenvalue weighted by Crippen LogP contribution is 2.37. The van der Waals surface area contributed by atoms with E-state index in [0.29, 0.717) is 12.3 Å². The molecule has 0 aromatic heterocycles. The van der Waals surface area contributed by atoms with Crippen molar-refractivity contribution in [2.45, 2.75) is 56.9 Å². The van der Waals surface area contributed by atoms with E-state index in [2.05, 4.69) is 5.32 Å². The largest absolute Gasteiger partial charge is 0.396 e. The van der Waals surface area contributed by atoms with Gasteiger partial charge in [-0.05, 0) is 38.0 Å². The number of halogens is 2. The third-order valence-corrected chi connectivity index (χ3v) is 4.05. The molecule has 0 radical (unpaired) electrons. The number of hydrogen-bond acceptors (Lipinski definition) is 2. The van der Waals surface area contributed by atoms with Crippen LogP contribution in [0, 0.1) is 11.8 Å². The van der Waals surface area contributed by atoms with Gasteiger partial charge in [-0.2, -0.15) is 0 Å². The van der Waals surface area contributed by atoms with Crippen LogP contribution >= 0.6 is 0 Å². The molecule has 2 aliphatic carbocycles. The lowest BCUT2D eigenvalue weighted by atomic mass is 9.86. The smallest absolute Gasteiger partial charge is 0.248 e. The molecule has 2 fully saturated rings. The zero-order valence-corrected chi connectivity index (χ0v) is 10.5. The molecule has 18 heavy (non-hydrogen) atoms. The third kappa shape index (κ3) is 3.64. The highest BCUT2D eigenvalue weighted by atomic mass is 19.3. The lowest BCUT2D eigenvalue weighted by Crippen LogP contribution is -2.42. The second kappa shape index (κ2) is 5.51. The van der Waals surface area contributed by atoms with Crippen LogP contribution < -0.4 is 5.32 Å². The van der Waals surface area contributed by atoms with Crippen molar-refractivity contribution in [2.24, 2.45) is 11.8 Å². The molecule has 0 heterocycles. The Bertz CT molecular complexity index is 295. The van der Waals surface area contributed by atoms with Crippen LogP contribution in [0.3, 0.4) is 0 Å². The summed E-state index contributed by atoms with van der Waals surface area (Å²) in [5, 5.41) is 11.9. The van der Waals surface area contributed by atoms with Gasteiger partial charge in [0.15, 0.2) is 0 Å². The van der Waals surface area contributed by atoms with E-state index in [1.165, 1.54) is 0 Å². The number of aliphatic hydroxyl groups excluding tert-OH is 1. The molecule has 0 aliphatic heterocycles. The molecule has 3 nitrogen and oxygen atoms in total. The molecule has 0 bridgehead atoms. The first-order valence-corrected chi connectivity index (χ1v) is 6.81. The topological polar surface area (TPSA) is 49.3 Å². The summed E-state index contributed by atoms with van der Waals surface area (Å²) in [6.07, 6.45) is 2.93. The minimum atomic E-state index is -2.59. The predicted octanol–water partition coefficient (Wildman–Crippen LogP) is 2.09. The highest BCUT2D eigenvalue weighted by Gasteiger charge is 2.39. The van der Waals surface area contributed by atoms with Crippen molar-refractivity contribution in [3.8, 4) is 0 Å². The summed E-state index contributed by atoms with van der Waals surface area (Å²) in [6, 6.07) is 0.0323. The molecule has 2 saturated carbocycles. The number of alkyl halides is 2. The van der Waals surface area contributed by atoms with Crippen molar-refractivity contribution in [1.29, 1.82) is 0 Å². The van der Waals surface area contributed by atoms with E-state index >= 15 is 0 Å². The third-order valence-electron chi connectivity index (χ3n) is 4.05. The molecule has 104 valence electrons. The van der Waals surface area contributed by atoms with Crippen LogP contribution in [0.15, 0.2) is 0 Å². The van der Waals surface area contributed by atoms with Crippen molar-refractivity contribution in [1.82, 2.24) is 5.32 Å². The van der Waals surface area contributed by atoms with Gasteiger partial charge in [-0.25, -0.2) is 8.78 Å². The van der Waals surface area contributed by atoms with Gasteiger partial charge in [-0.3, -0.25) is 4.79 Å². The van der Waals surface area contributed by atoms with Gasteiger partial charge in [-0.15, -0.1) is 0 Å². The van der Waals surface area contributed by atoms with Crippen molar-refractivity contribution in [3.63, 3.8) is 0 Å². The van der Waals surface area contributed by atoms with Gasteiger partial charge >= 0.3 is 0 Å². The van der Waals surface area contributed by atoms with Gasteiger partial charge in [0.1, 0.15) is 0 Å². The first kappa shape index (κ1) is 13.7. The van der Waals surface area contributed by atoms with Crippen LogP contribution in [0.4, 0.5) is 8.78 Å². The van der Waals surface area contributed by atoms with Crippen LogP contribution in [0.5, 0.6) is 0 Å². The maximum absolute atomic E-state index is 13.0. The summed E-state index contributed by atoms with van der Waals surface area (Å²) >= 11 is 0. The summed E-state index contributed by atoms with van der Waals surface area (Å²) in [4.78, 5) is 12.0. The average molecular weight is 261 g/mol.